The Balaban J connectivity index is 1.45. The van der Waals surface area contributed by atoms with Gasteiger partial charge in [0.2, 0.25) is 5.91 Å². The average molecular weight is 383 g/mol. The van der Waals surface area contributed by atoms with E-state index in [2.05, 4.69) is 27.8 Å². The van der Waals surface area contributed by atoms with Crippen molar-refractivity contribution in [3.8, 4) is 0 Å². The van der Waals surface area contributed by atoms with Crippen molar-refractivity contribution in [1.82, 2.24) is 20.3 Å². The van der Waals surface area contributed by atoms with Gasteiger partial charge in [-0.25, -0.2) is 4.68 Å². The highest BCUT2D eigenvalue weighted by Crippen LogP contribution is 2.39. The van der Waals surface area contributed by atoms with Crippen molar-refractivity contribution in [2.45, 2.75) is 25.9 Å². The Morgan fingerprint density at radius 1 is 1.00 bits per heavy atom. The molecule has 3 aromatic rings. The Bertz CT molecular complexity index is 949. The maximum atomic E-state index is 13.0. The first-order valence-corrected chi connectivity index (χ1v) is 9.61. The van der Waals surface area contributed by atoms with Gasteiger partial charge in [-0.3, -0.25) is 4.79 Å². The Kier molecular flexibility index (Phi) is 5.47. The zero-order valence-corrected chi connectivity index (χ0v) is 16.5. The van der Waals surface area contributed by atoms with Crippen molar-refractivity contribution >= 4 is 5.91 Å². The standard InChI is InChI=1S/C24H23N4O/c1-24(2,22-17-28(27-26-22)16-18-10-5-3-6-11-18)25-23(29)21-15-9-14-20(21)19-12-7-4-8-13-19/h3-15,17H,16H2,1-2H3,(H,25,29). The molecule has 1 heterocycles. The molecule has 4 rings (SSSR count). The third kappa shape index (κ3) is 4.39. The van der Waals surface area contributed by atoms with Gasteiger partial charge in [0.05, 0.1) is 24.2 Å². The van der Waals surface area contributed by atoms with E-state index in [1.165, 1.54) is 0 Å². The van der Waals surface area contributed by atoms with Crippen LogP contribution in [0, 0.1) is 31.1 Å². The van der Waals surface area contributed by atoms with Crippen LogP contribution in [0.2, 0.25) is 0 Å². The molecule has 1 aliphatic rings. The maximum Gasteiger partial charge on any atom is 0.229 e. The van der Waals surface area contributed by atoms with Crippen LogP contribution in [0.15, 0.2) is 66.9 Å². The molecular weight excluding hydrogens is 360 g/mol. The molecule has 0 atom stereocenters. The van der Waals surface area contributed by atoms with Crippen molar-refractivity contribution in [2.24, 2.45) is 0 Å². The van der Waals surface area contributed by atoms with Crippen molar-refractivity contribution < 1.29 is 4.79 Å². The highest BCUT2D eigenvalue weighted by atomic mass is 16.2. The number of rotatable bonds is 6. The summed E-state index contributed by atoms with van der Waals surface area (Å²) in [6.45, 7) is 4.51. The van der Waals surface area contributed by atoms with Gasteiger partial charge in [-0.15, -0.1) is 5.10 Å². The van der Waals surface area contributed by atoms with Gasteiger partial charge in [0, 0.05) is 5.92 Å². The lowest BCUT2D eigenvalue weighted by Gasteiger charge is -2.27. The molecule has 1 fully saturated rings. The fraction of sp³-hybridized carbons (Fsp3) is 0.167. The summed E-state index contributed by atoms with van der Waals surface area (Å²) in [5.74, 6) is 1.45. The number of aromatic nitrogens is 3. The largest absolute Gasteiger partial charge is 0.345 e. The molecule has 0 saturated heterocycles. The minimum atomic E-state index is -0.656. The molecule has 145 valence electrons. The van der Waals surface area contributed by atoms with Crippen LogP contribution >= 0.6 is 0 Å². The van der Waals surface area contributed by atoms with E-state index in [9.17, 15) is 4.79 Å². The van der Waals surface area contributed by atoms with Gasteiger partial charge < -0.3 is 5.32 Å². The molecule has 1 amide bonds. The van der Waals surface area contributed by atoms with E-state index in [0.29, 0.717) is 12.5 Å². The first-order valence-electron chi connectivity index (χ1n) is 9.61. The predicted octanol–water partition coefficient (Wildman–Crippen LogP) is 3.50. The second kappa shape index (κ2) is 8.19. The van der Waals surface area contributed by atoms with Crippen LogP contribution in [0.4, 0.5) is 0 Å². The zero-order chi connectivity index (χ0) is 20.3. The molecule has 29 heavy (non-hydrogen) atoms. The van der Waals surface area contributed by atoms with E-state index in [-0.39, 0.29) is 5.91 Å². The van der Waals surface area contributed by atoms with E-state index in [0.717, 1.165) is 22.7 Å². The number of nitrogens with one attached hydrogen (secondary N) is 1. The minimum Gasteiger partial charge on any atom is -0.345 e. The first-order chi connectivity index (χ1) is 14.0. The summed E-state index contributed by atoms with van der Waals surface area (Å²) >= 11 is 0. The van der Waals surface area contributed by atoms with E-state index in [4.69, 9.17) is 0 Å². The second-order valence-corrected chi connectivity index (χ2v) is 7.59. The summed E-state index contributed by atoms with van der Waals surface area (Å²) in [6.07, 6.45) is 7.60. The number of nitrogens with zero attached hydrogens (tertiary/aromatic N) is 3. The van der Waals surface area contributed by atoms with Gasteiger partial charge in [-0.2, -0.15) is 0 Å². The number of carbonyl (C=O) groups excluding carboxylic acids is 1. The summed E-state index contributed by atoms with van der Waals surface area (Å²) in [5, 5.41) is 11.6. The highest BCUT2D eigenvalue weighted by molar-refractivity contribution is 5.99. The van der Waals surface area contributed by atoms with E-state index >= 15 is 0 Å². The third-order valence-corrected chi connectivity index (χ3v) is 4.94. The number of carbonyl (C=O) groups is 1. The topological polar surface area (TPSA) is 59.8 Å². The normalized spacial score (nSPS) is 15.5. The number of hydrogen-bond donors (Lipinski definition) is 1. The predicted molar refractivity (Wildman–Crippen MR) is 112 cm³/mol. The molecule has 1 aliphatic carbocycles. The van der Waals surface area contributed by atoms with Crippen LogP contribution in [0.25, 0.3) is 0 Å². The van der Waals surface area contributed by atoms with Crippen LogP contribution in [-0.2, 0) is 16.9 Å². The lowest BCUT2D eigenvalue weighted by Crippen LogP contribution is -2.44. The fourth-order valence-electron chi connectivity index (χ4n) is 3.34. The van der Waals surface area contributed by atoms with E-state index in [1.54, 1.807) is 4.68 Å². The van der Waals surface area contributed by atoms with Crippen LogP contribution in [0.1, 0.15) is 30.7 Å². The first kappa shape index (κ1) is 19.4. The summed E-state index contributed by atoms with van der Waals surface area (Å²) < 4.78 is 1.79. The molecule has 0 unspecified atom stereocenters. The summed E-state index contributed by atoms with van der Waals surface area (Å²) in [5.41, 5.74) is 2.23. The molecule has 5 nitrogen and oxygen atoms in total. The molecule has 5 heteroatoms. The van der Waals surface area contributed by atoms with Crippen LogP contribution in [0.3, 0.4) is 0 Å². The molecule has 1 saturated carbocycles. The Hall–Kier alpha value is -2.95. The van der Waals surface area contributed by atoms with Gasteiger partial charge in [-0.05, 0) is 44.2 Å². The molecule has 1 aromatic heterocycles. The van der Waals surface area contributed by atoms with Gasteiger partial charge in [0.15, 0.2) is 0 Å². The Labute approximate surface area is 172 Å². The van der Waals surface area contributed by atoms with E-state index < -0.39 is 5.54 Å². The van der Waals surface area contributed by atoms with Gasteiger partial charge >= 0.3 is 0 Å². The molecule has 1 N–H and O–H groups in total. The van der Waals surface area contributed by atoms with Crippen LogP contribution in [-0.4, -0.2) is 20.9 Å². The molecule has 5 radical (unpaired) electrons. The summed E-state index contributed by atoms with van der Waals surface area (Å²) in [4.78, 5) is 13.0. The minimum absolute atomic E-state index is 0.128. The third-order valence-electron chi connectivity index (χ3n) is 4.94. The zero-order valence-electron chi connectivity index (χ0n) is 16.5. The van der Waals surface area contributed by atoms with Crippen molar-refractivity contribution in [3.63, 3.8) is 0 Å². The molecular formula is C24H23N4O. The second-order valence-electron chi connectivity index (χ2n) is 7.59. The van der Waals surface area contributed by atoms with Gasteiger partial charge in [-0.1, -0.05) is 65.9 Å². The van der Waals surface area contributed by atoms with Crippen molar-refractivity contribution in [1.29, 1.82) is 0 Å². The molecule has 0 spiro atoms. The monoisotopic (exact) mass is 383 g/mol. The molecule has 0 bridgehead atoms. The lowest BCUT2D eigenvalue weighted by atomic mass is 9.87. The smallest absolute Gasteiger partial charge is 0.229 e. The van der Waals surface area contributed by atoms with Crippen LogP contribution in [0.5, 0.6) is 0 Å². The number of amides is 1. The van der Waals surface area contributed by atoms with Crippen LogP contribution < -0.4 is 5.32 Å². The summed E-state index contributed by atoms with van der Waals surface area (Å²) in [7, 11) is 0. The van der Waals surface area contributed by atoms with Gasteiger partial charge in [0.25, 0.3) is 0 Å². The highest BCUT2D eigenvalue weighted by Gasteiger charge is 2.38. The van der Waals surface area contributed by atoms with E-state index in [1.807, 2.05) is 87.8 Å². The summed E-state index contributed by atoms with van der Waals surface area (Å²) in [6, 6.07) is 20.0. The lowest BCUT2D eigenvalue weighted by molar-refractivity contribution is -0.120. The van der Waals surface area contributed by atoms with Gasteiger partial charge in [0.1, 0.15) is 5.69 Å². The molecule has 2 aromatic carbocycles. The number of benzene rings is 2. The Morgan fingerprint density at radius 2 is 1.69 bits per heavy atom. The SMILES string of the molecule is CC(C)(NC(=O)[C]1[CH][CH][CH][C]1c1ccccc1)c1cn(Cc2ccccc2)nn1. The maximum absolute atomic E-state index is 13.0. The average Bonchev–Trinajstić information content (AvgIpc) is 3.39. The fourth-order valence-corrected chi connectivity index (χ4v) is 3.34. The molecule has 0 aliphatic heterocycles. The quantitative estimate of drug-likeness (QED) is 0.709. The Morgan fingerprint density at radius 3 is 2.41 bits per heavy atom. The number of hydrogen-bond acceptors (Lipinski definition) is 3. The van der Waals surface area contributed by atoms with Crippen molar-refractivity contribution in [3.05, 3.63) is 115 Å². The van der Waals surface area contributed by atoms with Crippen molar-refractivity contribution in [2.75, 3.05) is 0 Å².